The number of hydrogen-bond donors (Lipinski definition) is 0. The summed E-state index contributed by atoms with van der Waals surface area (Å²) < 4.78 is 0. The summed E-state index contributed by atoms with van der Waals surface area (Å²) in [6.07, 6.45) is 1.78. The number of hydrogen-bond acceptors (Lipinski definition) is 5. The van der Waals surface area contributed by atoms with Gasteiger partial charge in [0.25, 0.3) is 5.69 Å². The van der Waals surface area contributed by atoms with Crippen molar-refractivity contribution in [1.29, 1.82) is 0 Å². The number of carbonyl (C=O) groups excluding carboxylic acids is 3. The number of fused-ring (bicyclic) bond motifs is 2. The van der Waals surface area contributed by atoms with Gasteiger partial charge in [-0.05, 0) is 36.3 Å². The van der Waals surface area contributed by atoms with Crippen LogP contribution in [0.4, 0.5) is 5.69 Å². The van der Waals surface area contributed by atoms with Gasteiger partial charge in [0, 0.05) is 17.9 Å². The summed E-state index contributed by atoms with van der Waals surface area (Å²) in [7, 11) is 0. The molecule has 2 unspecified atom stereocenters. The molecule has 6 heteroatoms. The molecule has 2 aliphatic carbocycles. The van der Waals surface area contributed by atoms with Crippen LogP contribution in [0.3, 0.4) is 0 Å². The number of rotatable bonds is 3. The minimum Gasteiger partial charge on any atom is -0.298 e. The Labute approximate surface area is 145 Å². The van der Waals surface area contributed by atoms with E-state index in [0.717, 1.165) is 5.56 Å². The Hall–Kier alpha value is -2.37. The zero-order valence-electron chi connectivity index (χ0n) is 14.6. The van der Waals surface area contributed by atoms with Crippen LogP contribution in [-0.2, 0) is 15.0 Å². The van der Waals surface area contributed by atoms with Gasteiger partial charge in [0.05, 0.1) is 10.5 Å². The molecule has 1 aromatic carbocycles. The zero-order valence-corrected chi connectivity index (χ0v) is 14.6. The highest BCUT2D eigenvalue weighted by molar-refractivity contribution is 6.27. The first-order valence-electron chi connectivity index (χ1n) is 8.52. The highest BCUT2D eigenvalue weighted by Gasteiger charge is 2.50. The van der Waals surface area contributed by atoms with Crippen LogP contribution in [0.2, 0.25) is 0 Å². The average molecular weight is 343 g/mol. The SMILES string of the molecule is CC(C)(C)c1ccc(C(=O)C2C(=O)C3CCC(C3)C2=O)c([N+](=O)[O-])c1. The van der Waals surface area contributed by atoms with Crippen LogP contribution >= 0.6 is 0 Å². The molecule has 3 rings (SSSR count). The molecule has 0 aromatic heterocycles. The van der Waals surface area contributed by atoms with Crippen molar-refractivity contribution in [2.45, 2.75) is 45.4 Å². The van der Waals surface area contributed by atoms with Gasteiger partial charge in [0.1, 0.15) is 5.92 Å². The van der Waals surface area contributed by atoms with Crippen molar-refractivity contribution in [3.63, 3.8) is 0 Å². The first-order valence-corrected chi connectivity index (χ1v) is 8.52. The lowest BCUT2D eigenvalue weighted by molar-refractivity contribution is -0.385. The van der Waals surface area contributed by atoms with Crippen LogP contribution in [0.1, 0.15) is 56.0 Å². The standard InChI is InChI=1S/C19H21NO5/c1-19(2,3)12-6-7-13(14(9-12)20(24)25)18(23)15-16(21)10-4-5-11(8-10)17(15)22/h6-7,9-11,15H,4-5,8H2,1-3H3. The molecular weight excluding hydrogens is 322 g/mol. The molecule has 0 heterocycles. The third-order valence-corrected chi connectivity index (χ3v) is 5.39. The van der Waals surface area contributed by atoms with Crippen molar-refractivity contribution in [1.82, 2.24) is 0 Å². The van der Waals surface area contributed by atoms with Crippen LogP contribution in [0.25, 0.3) is 0 Å². The van der Waals surface area contributed by atoms with Crippen molar-refractivity contribution in [2.75, 3.05) is 0 Å². The lowest BCUT2D eigenvalue weighted by Crippen LogP contribution is -2.41. The van der Waals surface area contributed by atoms with Crippen molar-refractivity contribution < 1.29 is 19.3 Å². The second-order valence-corrected chi connectivity index (χ2v) is 8.05. The zero-order chi connectivity index (χ0) is 18.5. The Kier molecular flexibility index (Phi) is 4.09. The van der Waals surface area contributed by atoms with Gasteiger partial charge >= 0.3 is 0 Å². The molecule has 2 atom stereocenters. The molecule has 2 fully saturated rings. The molecule has 0 spiro atoms. The van der Waals surface area contributed by atoms with Crippen molar-refractivity contribution in [3.05, 3.63) is 39.4 Å². The number of Topliss-reactive ketones (excluding diaryl/α,β-unsaturated/α-hetero) is 3. The predicted molar refractivity (Wildman–Crippen MR) is 90.5 cm³/mol. The topological polar surface area (TPSA) is 94.3 Å². The maximum absolute atomic E-state index is 12.9. The van der Waals surface area contributed by atoms with Gasteiger partial charge in [0.2, 0.25) is 0 Å². The van der Waals surface area contributed by atoms with E-state index in [9.17, 15) is 24.5 Å². The molecule has 2 aliphatic rings. The van der Waals surface area contributed by atoms with E-state index in [1.54, 1.807) is 6.07 Å². The molecule has 132 valence electrons. The largest absolute Gasteiger partial charge is 0.298 e. The first-order chi connectivity index (χ1) is 11.6. The van der Waals surface area contributed by atoms with Crippen LogP contribution in [0.15, 0.2) is 18.2 Å². The molecule has 0 amide bonds. The molecule has 25 heavy (non-hydrogen) atoms. The number of nitro groups is 1. The van der Waals surface area contributed by atoms with Crippen LogP contribution in [0.5, 0.6) is 0 Å². The van der Waals surface area contributed by atoms with Crippen molar-refractivity contribution in [3.8, 4) is 0 Å². The van der Waals surface area contributed by atoms with Gasteiger partial charge in [-0.25, -0.2) is 0 Å². The van der Waals surface area contributed by atoms with E-state index in [0.29, 0.717) is 19.3 Å². The number of ketones is 3. The van der Waals surface area contributed by atoms with Gasteiger partial charge < -0.3 is 0 Å². The Morgan fingerprint density at radius 3 is 2.16 bits per heavy atom. The second-order valence-electron chi connectivity index (χ2n) is 8.05. The Balaban J connectivity index is 2.04. The molecule has 0 aliphatic heterocycles. The molecule has 1 aromatic rings. The van der Waals surface area contributed by atoms with E-state index in [-0.39, 0.29) is 40.1 Å². The van der Waals surface area contributed by atoms with Crippen LogP contribution in [0, 0.1) is 27.9 Å². The van der Waals surface area contributed by atoms with Gasteiger partial charge in [-0.15, -0.1) is 0 Å². The van der Waals surface area contributed by atoms with E-state index in [1.165, 1.54) is 12.1 Å². The normalized spacial score (nSPS) is 26.0. The van der Waals surface area contributed by atoms with Gasteiger partial charge in [-0.2, -0.15) is 0 Å². The number of nitrogens with zero attached hydrogens (tertiary/aromatic N) is 1. The van der Waals surface area contributed by atoms with E-state index < -0.39 is 16.6 Å². The van der Waals surface area contributed by atoms with E-state index in [2.05, 4.69) is 0 Å². The Morgan fingerprint density at radius 2 is 1.68 bits per heavy atom. The minimum absolute atomic E-state index is 0.147. The van der Waals surface area contributed by atoms with Gasteiger partial charge in [-0.3, -0.25) is 24.5 Å². The molecule has 2 bridgehead atoms. The predicted octanol–water partition coefficient (Wildman–Crippen LogP) is 3.26. The Morgan fingerprint density at radius 1 is 1.12 bits per heavy atom. The van der Waals surface area contributed by atoms with E-state index in [1.807, 2.05) is 20.8 Å². The smallest absolute Gasteiger partial charge is 0.280 e. The summed E-state index contributed by atoms with van der Waals surface area (Å²) in [6, 6.07) is 4.42. The third-order valence-electron chi connectivity index (χ3n) is 5.39. The lowest BCUT2D eigenvalue weighted by atomic mass is 9.75. The van der Waals surface area contributed by atoms with Gasteiger partial charge in [0.15, 0.2) is 17.3 Å². The number of nitro benzene ring substituents is 1. The summed E-state index contributed by atoms with van der Waals surface area (Å²) in [5.74, 6) is -3.34. The summed E-state index contributed by atoms with van der Waals surface area (Å²) >= 11 is 0. The summed E-state index contributed by atoms with van der Waals surface area (Å²) in [6.45, 7) is 5.75. The number of carbonyl (C=O) groups is 3. The maximum Gasteiger partial charge on any atom is 0.280 e. The van der Waals surface area contributed by atoms with E-state index >= 15 is 0 Å². The quantitative estimate of drug-likeness (QED) is 0.363. The summed E-state index contributed by atoms with van der Waals surface area (Å²) in [4.78, 5) is 48.7. The lowest BCUT2D eigenvalue weighted by Gasteiger charge is -2.24. The number of benzene rings is 1. The van der Waals surface area contributed by atoms with Crippen molar-refractivity contribution in [2.24, 2.45) is 17.8 Å². The highest BCUT2D eigenvalue weighted by atomic mass is 16.6. The minimum atomic E-state index is -1.37. The highest BCUT2D eigenvalue weighted by Crippen LogP contribution is 2.42. The molecular formula is C19H21NO5. The fraction of sp³-hybridized carbons (Fsp3) is 0.526. The molecule has 6 nitrogen and oxygen atoms in total. The molecule has 0 saturated heterocycles. The van der Waals surface area contributed by atoms with Crippen LogP contribution in [-0.4, -0.2) is 22.3 Å². The summed E-state index contributed by atoms with van der Waals surface area (Å²) in [5.41, 5.74) is -0.0823. The molecule has 0 N–H and O–H groups in total. The summed E-state index contributed by atoms with van der Waals surface area (Å²) in [5, 5.41) is 11.5. The van der Waals surface area contributed by atoms with Crippen LogP contribution < -0.4 is 0 Å². The van der Waals surface area contributed by atoms with Crippen molar-refractivity contribution >= 4 is 23.0 Å². The van der Waals surface area contributed by atoms with E-state index in [4.69, 9.17) is 0 Å². The fourth-order valence-electron chi connectivity index (χ4n) is 3.88. The molecule has 0 radical (unpaired) electrons. The third kappa shape index (κ3) is 2.90. The van der Waals surface area contributed by atoms with Gasteiger partial charge in [-0.1, -0.05) is 26.8 Å². The average Bonchev–Trinajstić information content (AvgIpc) is 2.98. The molecule has 2 saturated carbocycles. The fourth-order valence-corrected chi connectivity index (χ4v) is 3.88. The first kappa shape index (κ1) is 17.5. The maximum atomic E-state index is 12.9. The Bertz CT molecular complexity index is 767. The second kappa shape index (κ2) is 5.86. The monoisotopic (exact) mass is 343 g/mol.